The van der Waals surface area contributed by atoms with Crippen molar-refractivity contribution >= 4 is 40.1 Å². The van der Waals surface area contributed by atoms with Crippen LogP contribution in [0.25, 0.3) is 5.70 Å². The van der Waals surface area contributed by atoms with Crippen LogP contribution in [0.15, 0.2) is 70.8 Å². The number of hydrazone groups is 1. The maximum absolute atomic E-state index is 13.3. The molecule has 1 atom stereocenters. The Hall–Kier alpha value is -3.49. The Morgan fingerprint density at radius 1 is 1.18 bits per heavy atom. The van der Waals surface area contributed by atoms with E-state index >= 15 is 0 Å². The van der Waals surface area contributed by atoms with Gasteiger partial charge in [0.05, 0.1) is 17.5 Å². The summed E-state index contributed by atoms with van der Waals surface area (Å²) >= 11 is 7.94. The average Bonchev–Trinajstić information content (AvgIpc) is 2.83. The lowest BCUT2D eigenvalue weighted by Crippen LogP contribution is -2.50. The van der Waals surface area contributed by atoms with E-state index in [-0.39, 0.29) is 17.4 Å². The molecule has 0 radical (unpaired) electrons. The van der Waals surface area contributed by atoms with E-state index in [0.29, 0.717) is 37.8 Å². The number of halogens is 1. The van der Waals surface area contributed by atoms with Gasteiger partial charge in [0.25, 0.3) is 5.91 Å². The normalized spacial score (nSPS) is 16.7. The fourth-order valence-corrected chi connectivity index (χ4v) is 4.91. The van der Waals surface area contributed by atoms with Crippen LogP contribution in [0.4, 0.5) is 0 Å². The quantitative estimate of drug-likeness (QED) is 0.582. The average molecular weight is 493 g/mol. The highest BCUT2D eigenvalue weighted by molar-refractivity contribution is 8.13. The molecular formula is C25H21ClN4O3S. The number of ether oxygens (including phenoxy) is 1. The van der Waals surface area contributed by atoms with Gasteiger partial charge in [-0.3, -0.25) is 15.1 Å². The van der Waals surface area contributed by atoms with E-state index in [9.17, 15) is 9.90 Å². The van der Waals surface area contributed by atoms with Gasteiger partial charge in [-0.25, -0.2) is 5.01 Å². The summed E-state index contributed by atoms with van der Waals surface area (Å²) in [4.78, 5) is 18.1. The minimum Gasteiger partial charge on any atom is -0.504 e. The van der Waals surface area contributed by atoms with Crippen molar-refractivity contribution in [1.82, 2.24) is 10.3 Å². The van der Waals surface area contributed by atoms with Crippen LogP contribution >= 0.6 is 23.4 Å². The van der Waals surface area contributed by atoms with Crippen LogP contribution in [0.5, 0.6) is 11.5 Å². The highest BCUT2D eigenvalue weighted by atomic mass is 35.5. The SMILES string of the molecule is COc1cc(C2N=c3ccccc3=C3C(=O)NC(SCc4ccc(C)cc4)=NN32)c(Cl)cc1O. The second-order valence-corrected chi connectivity index (χ2v) is 9.26. The molecule has 0 aliphatic carbocycles. The minimum absolute atomic E-state index is 0.0779. The van der Waals surface area contributed by atoms with Gasteiger partial charge in [-0.2, -0.15) is 0 Å². The summed E-state index contributed by atoms with van der Waals surface area (Å²) in [7, 11) is 1.46. The molecule has 172 valence electrons. The molecule has 34 heavy (non-hydrogen) atoms. The number of para-hydroxylation sites is 1. The monoisotopic (exact) mass is 492 g/mol. The summed E-state index contributed by atoms with van der Waals surface area (Å²) in [6.45, 7) is 2.04. The summed E-state index contributed by atoms with van der Waals surface area (Å²) in [5.41, 5.74) is 3.26. The summed E-state index contributed by atoms with van der Waals surface area (Å²) in [6, 6.07) is 18.7. The number of methoxy groups -OCH3 is 1. The molecule has 7 nitrogen and oxygen atoms in total. The van der Waals surface area contributed by atoms with Gasteiger partial charge < -0.3 is 9.84 Å². The number of thioether (sulfide) groups is 1. The van der Waals surface area contributed by atoms with Crippen LogP contribution in [0.3, 0.4) is 0 Å². The zero-order valence-corrected chi connectivity index (χ0v) is 20.0. The number of amides is 1. The van der Waals surface area contributed by atoms with E-state index in [2.05, 4.69) is 29.6 Å². The molecule has 0 fully saturated rings. The Labute approximate surface area is 205 Å². The number of aromatic hydroxyl groups is 1. The molecular weight excluding hydrogens is 472 g/mol. The predicted molar refractivity (Wildman–Crippen MR) is 133 cm³/mol. The summed E-state index contributed by atoms with van der Waals surface area (Å²) in [5.74, 6) is 0.560. The van der Waals surface area contributed by atoms with Gasteiger partial charge >= 0.3 is 0 Å². The number of aryl methyl sites for hydroxylation is 1. The van der Waals surface area contributed by atoms with Gasteiger partial charge in [-0.1, -0.05) is 71.4 Å². The number of rotatable bonds is 4. The van der Waals surface area contributed by atoms with Gasteiger partial charge in [-0.05, 0) is 24.6 Å². The van der Waals surface area contributed by atoms with Gasteiger partial charge in [-0.15, -0.1) is 5.10 Å². The second-order valence-electron chi connectivity index (χ2n) is 7.89. The molecule has 2 aliphatic rings. The molecule has 0 aromatic heterocycles. The standard InChI is InChI=1S/C25H21ClN4O3S/c1-14-7-9-15(10-8-14)13-34-25-28-24(32)22-16-5-3-4-6-19(16)27-23(30(22)29-25)17-11-21(33-2)20(31)12-18(17)26/h3-12,23,31H,13H2,1-2H3,(H,28,29,32). The Morgan fingerprint density at radius 3 is 2.71 bits per heavy atom. The Balaban J connectivity index is 1.59. The molecule has 1 amide bonds. The van der Waals surface area contributed by atoms with E-state index < -0.39 is 6.17 Å². The van der Waals surface area contributed by atoms with Crippen molar-refractivity contribution in [3.63, 3.8) is 0 Å². The molecule has 9 heteroatoms. The predicted octanol–water partition coefficient (Wildman–Crippen LogP) is 3.44. The topological polar surface area (TPSA) is 86.5 Å². The van der Waals surface area contributed by atoms with Gasteiger partial charge in [0.2, 0.25) is 0 Å². The number of amidine groups is 1. The fourth-order valence-electron chi connectivity index (χ4n) is 3.85. The van der Waals surface area contributed by atoms with Crippen LogP contribution in [-0.4, -0.2) is 28.3 Å². The maximum atomic E-state index is 13.3. The molecule has 5 rings (SSSR count). The van der Waals surface area contributed by atoms with Crippen LogP contribution in [0.1, 0.15) is 22.9 Å². The van der Waals surface area contributed by atoms with Crippen molar-refractivity contribution in [2.75, 3.05) is 7.11 Å². The van der Waals surface area contributed by atoms with Crippen molar-refractivity contribution in [3.05, 3.63) is 93.0 Å². The molecule has 3 aromatic carbocycles. The molecule has 3 aromatic rings. The minimum atomic E-state index is -0.715. The molecule has 1 unspecified atom stereocenters. The first-order valence-electron chi connectivity index (χ1n) is 10.6. The number of hydrogen-bond acceptors (Lipinski definition) is 7. The van der Waals surface area contributed by atoms with Gasteiger partial charge in [0.15, 0.2) is 22.8 Å². The summed E-state index contributed by atoms with van der Waals surface area (Å²) < 4.78 is 5.28. The van der Waals surface area contributed by atoms with Crippen molar-refractivity contribution in [2.45, 2.75) is 18.8 Å². The number of hydrogen-bond donors (Lipinski definition) is 2. The van der Waals surface area contributed by atoms with Crippen LogP contribution in [0.2, 0.25) is 5.02 Å². The lowest BCUT2D eigenvalue weighted by atomic mass is 10.1. The Bertz CT molecular complexity index is 1440. The third-order valence-electron chi connectivity index (χ3n) is 5.59. The first-order chi connectivity index (χ1) is 16.4. The molecule has 2 heterocycles. The van der Waals surface area contributed by atoms with Crippen LogP contribution < -0.4 is 20.6 Å². The number of carbonyl (C=O) groups excluding carboxylic acids is 1. The Morgan fingerprint density at radius 2 is 1.94 bits per heavy atom. The zero-order valence-electron chi connectivity index (χ0n) is 18.4. The number of fused-ring (bicyclic) bond motifs is 2. The number of benzene rings is 3. The van der Waals surface area contributed by atoms with E-state index in [1.165, 1.54) is 30.5 Å². The lowest BCUT2D eigenvalue weighted by Gasteiger charge is -2.34. The number of phenols is 1. The molecule has 0 saturated heterocycles. The third-order valence-corrected chi connectivity index (χ3v) is 6.85. The van der Waals surface area contributed by atoms with Crippen molar-refractivity contribution in [1.29, 1.82) is 0 Å². The maximum Gasteiger partial charge on any atom is 0.276 e. The third kappa shape index (κ3) is 4.10. The first-order valence-corrected chi connectivity index (χ1v) is 11.9. The van der Waals surface area contributed by atoms with Gasteiger partial charge in [0.1, 0.15) is 5.70 Å². The number of nitrogens with zero attached hydrogens (tertiary/aromatic N) is 3. The van der Waals surface area contributed by atoms with E-state index in [0.717, 1.165) is 5.56 Å². The molecule has 0 bridgehead atoms. The molecule has 2 N–H and O–H groups in total. The fraction of sp³-hybridized carbons (Fsp3) is 0.160. The molecule has 0 spiro atoms. The van der Waals surface area contributed by atoms with E-state index in [4.69, 9.17) is 26.4 Å². The van der Waals surface area contributed by atoms with Gasteiger partial charge in [0, 0.05) is 22.6 Å². The van der Waals surface area contributed by atoms with E-state index in [1.807, 2.05) is 31.2 Å². The first kappa shape index (κ1) is 22.3. The van der Waals surface area contributed by atoms with Crippen LogP contribution in [0, 0.1) is 6.92 Å². The molecule has 2 aliphatic heterocycles. The van der Waals surface area contributed by atoms with Crippen molar-refractivity contribution in [3.8, 4) is 11.5 Å². The zero-order chi connectivity index (χ0) is 23.8. The van der Waals surface area contributed by atoms with Crippen molar-refractivity contribution < 1.29 is 14.6 Å². The number of carbonyl (C=O) groups is 1. The second kappa shape index (κ2) is 9.04. The van der Waals surface area contributed by atoms with Crippen LogP contribution in [-0.2, 0) is 10.5 Å². The molecule has 0 saturated carbocycles. The number of phenolic OH excluding ortho intramolecular Hbond substituents is 1. The Kier molecular flexibility index (Phi) is 5.93. The highest BCUT2D eigenvalue weighted by Gasteiger charge is 2.35. The van der Waals surface area contributed by atoms with E-state index in [1.54, 1.807) is 11.1 Å². The summed E-state index contributed by atoms with van der Waals surface area (Å²) in [5, 5.41) is 21.5. The summed E-state index contributed by atoms with van der Waals surface area (Å²) in [6.07, 6.45) is -0.715. The largest absolute Gasteiger partial charge is 0.504 e. The lowest BCUT2D eigenvalue weighted by molar-refractivity contribution is -0.116. The smallest absolute Gasteiger partial charge is 0.276 e. The number of nitrogens with one attached hydrogen (secondary N) is 1. The van der Waals surface area contributed by atoms with Crippen molar-refractivity contribution in [2.24, 2.45) is 10.1 Å². The highest BCUT2D eigenvalue weighted by Crippen LogP contribution is 2.40.